The zero-order chi connectivity index (χ0) is 79.4. The summed E-state index contributed by atoms with van der Waals surface area (Å²) < 4.78 is 61.2. The molecule has 0 heterocycles. The van der Waals surface area contributed by atoms with Crippen LogP contribution in [0.1, 0.15) is 342 Å². The molecule has 0 saturated carbocycles. The third-order valence-corrected chi connectivity index (χ3v) is 19.6. The number of esters is 3. The molecule has 5 atom stereocenters. The van der Waals surface area contributed by atoms with Crippen LogP contribution in [0, 0.1) is 0 Å². The highest BCUT2D eigenvalue weighted by Gasteiger charge is 2.29. The summed E-state index contributed by atoms with van der Waals surface area (Å²) in [5.74, 6) is -1.61. The molecule has 0 aromatic heterocycles. The zero-order valence-corrected chi connectivity index (χ0v) is 70.2. The fourth-order valence-corrected chi connectivity index (χ4v) is 12.9. The summed E-state index contributed by atoms with van der Waals surface area (Å²) in [5, 5.41) is 20.7. The van der Waals surface area contributed by atoms with E-state index in [1.54, 1.807) is 0 Å². The first-order chi connectivity index (χ1) is 53.2. The van der Waals surface area contributed by atoms with Gasteiger partial charge in [-0.1, -0.05) is 333 Å². The first-order valence-electron chi connectivity index (χ1n) is 42.8. The van der Waals surface area contributed by atoms with E-state index in [1.165, 1.54) is 116 Å². The van der Waals surface area contributed by atoms with Crippen molar-refractivity contribution in [2.75, 3.05) is 39.6 Å². The summed E-state index contributed by atoms with van der Waals surface area (Å²) in [4.78, 5) is 58.8. The van der Waals surface area contributed by atoms with Crippen LogP contribution in [0.5, 0.6) is 0 Å². The Morgan fingerprint density at radius 2 is 0.486 bits per heavy atom. The van der Waals surface area contributed by atoms with E-state index in [0.717, 1.165) is 167 Å². The number of aliphatic hydroxyl groups is 2. The molecule has 0 aliphatic carbocycles. The maximum Gasteiger partial charge on any atom is 0.472 e. The van der Waals surface area contributed by atoms with E-state index in [2.05, 4.69) is 179 Å². The molecule has 0 aliphatic heterocycles. The summed E-state index contributed by atoms with van der Waals surface area (Å²) in [6, 6.07) is 0. The first kappa shape index (κ1) is 104. The fraction of sp³-hybridized carbons (Fsp3) is 0.681. The minimum Gasteiger partial charge on any atom is -0.463 e. The number of aliphatic hydroxyl groups excluding tert-OH is 2. The molecule has 0 spiro atoms. The van der Waals surface area contributed by atoms with E-state index in [4.69, 9.17) is 32.3 Å². The Bertz CT molecular complexity index is 2610. The van der Waals surface area contributed by atoms with Crippen LogP contribution < -0.4 is 0 Å². The molecule has 0 saturated heterocycles. The number of carbonyl (C=O) groups is 3. The highest BCUT2D eigenvalue weighted by atomic mass is 31.2. The Kier molecular flexibility index (Phi) is 79.0. The summed E-state index contributed by atoms with van der Waals surface area (Å²) in [6.45, 7) is 2.40. The van der Waals surface area contributed by atoms with Crippen molar-refractivity contribution in [2.45, 2.75) is 360 Å². The van der Waals surface area contributed by atoms with Gasteiger partial charge in [-0.25, -0.2) is 9.13 Å². The summed E-state index contributed by atoms with van der Waals surface area (Å²) in [6.07, 6.45) is 104. The van der Waals surface area contributed by atoms with Crippen LogP contribution in [0.15, 0.2) is 158 Å². The molecule has 0 amide bonds. The number of carbonyl (C=O) groups excluding carboxylic acids is 3. The van der Waals surface area contributed by atoms with E-state index >= 15 is 0 Å². The first-order valence-corrected chi connectivity index (χ1v) is 45.8. The van der Waals surface area contributed by atoms with Gasteiger partial charge in [0, 0.05) is 19.3 Å². The van der Waals surface area contributed by atoms with Crippen molar-refractivity contribution in [1.82, 2.24) is 0 Å². The van der Waals surface area contributed by atoms with Gasteiger partial charge in [-0.2, -0.15) is 0 Å². The van der Waals surface area contributed by atoms with E-state index in [1.807, 2.05) is 0 Å². The number of hydrogen-bond acceptors (Lipinski definition) is 14. The Hall–Kier alpha value is -4.83. The van der Waals surface area contributed by atoms with Gasteiger partial charge in [0.05, 0.1) is 26.4 Å². The Balaban J connectivity index is 4.49. The molecule has 0 aromatic rings. The van der Waals surface area contributed by atoms with Gasteiger partial charge in [-0.3, -0.25) is 32.5 Å². The van der Waals surface area contributed by atoms with E-state index in [-0.39, 0.29) is 19.3 Å². The second-order valence-electron chi connectivity index (χ2n) is 28.2. The maximum absolute atomic E-state index is 13.0. The third kappa shape index (κ3) is 83.9. The molecule has 5 unspecified atom stereocenters. The summed E-state index contributed by atoms with van der Waals surface area (Å²) >= 11 is 0. The Morgan fingerprint density at radius 3 is 0.771 bits per heavy atom. The zero-order valence-electron chi connectivity index (χ0n) is 68.4. The lowest BCUT2D eigenvalue weighted by Crippen LogP contribution is -2.30. The number of ether oxygens (including phenoxy) is 3. The van der Waals surface area contributed by atoms with Gasteiger partial charge in [0.15, 0.2) is 6.10 Å². The van der Waals surface area contributed by atoms with Crippen molar-refractivity contribution < 1.29 is 75.8 Å². The molecule has 0 radical (unpaired) electrons. The SMILES string of the molecule is CC/C=C\C/C=C\C/C=C\C/C=C\C/C=C\C/C=C\CCCCCCCCC(=O)OCC(COP(=O)(O)OCC(O)COP(=O)(O)OCC(O)COC(=O)CCCCCCCCCCCCCCCCCCC/C=C\C/C=C\C/C=C\C/C=C\CCCCC)OC(=O)CCCCCCC/C=C\C/C=C\C/C=C\CC. The molecule has 16 nitrogen and oxygen atoms in total. The summed E-state index contributed by atoms with van der Waals surface area (Å²) in [5.41, 5.74) is 0. The minimum absolute atomic E-state index is 0.0769. The van der Waals surface area contributed by atoms with Crippen LogP contribution in [0.4, 0.5) is 0 Å². The van der Waals surface area contributed by atoms with Crippen molar-refractivity contribution in [1.29, 1.82) is 0 Å². The average Bonchev–Trinajstić information content (AvgIpc) is 0.904. The highest BCUT2D eigenvalue weighted by Crippen LogP contribution is 2.45. The Labute approximate surface area is 663 Å². The molecule has 4 N–H and O–H groups in total. The Morgan fingerprint density at radius 1 is 0.266 bits per heavy atom. The van der Waals surface area contributed by atoms with E-state index in [0.29, 0.717) is 19.3 Å². The number of phosphoric ester groups is 2. The van der Waals surface area contributed by atoms with Crippen molar-refractivity contribution in [2.24, 2.45) is 0 Å². The fourth-order valence-electron chi connectivity index (χ4n) is 11.3. The largest absolute Gasteiger partial charge is 0.472 e. The molecule has 0 aliphatic rings. The minimum atomic E-state index is -4.95. The monoisotopic (exact) mass is 1570 g/mol. The number of rotatable bonds is 80. The topological polar surface area (TPSA) is 231 Å². The molecule has 0 rings (SSSR count). The normalized spacial score (nSPS) is 14.7. The van der Waals surface area contributed by atoms with Crippen molar-refractivity contribution in [3.8, 4) is 0 Å². The lowest BCUT2D eigenvalue weighted by Gasteiger charge is -2.21. The molecular formula is C91H154O16P2. The lowest BCUT2D eigenvalue weighted by molar-refractivity contribution is -0.161. The lowest BCUT2D eigenvalue weighted by atomic mass is 10.0. The number of unbranched alkanes of at least 4 members (excludes halogenated alkanes) is 31. The predicted molar refractivity (Wildman–Crippen MR) is 454 cm³/mol. The average molecular weight is 1570 g/mol. The standard InChI is InChI=1S/C91H154O16P2/c1-4-7-10-13-16-19-22-25-28-30-32-34-36-38-39-40-41-42-43-44-45-47-49-50-52-54-57-59-62-65-68-71-74-77-89(94)101-80-86(92)81-103-108(97,98)104-82-87(93)83-105-109(99,100)106-85-88(107-91(96)79-76-73-70-67-64-61-56-27-24-21-18-15-12-9-6-3)84-102-90(95)78-75-72-69-66-63-60-58-55-53-51-48-46-37-35-33-31-29-26-23-20-17-14-11-8-5-2/h8-9,11-12,16-21,25-29,32-35,38-39,46,48,53,55-56,86-88,92-93H,4-7,10,13-15,22-24,30-31,36-37,40-45,47,49-52,54,57-85H2,1-3H3,(H,97,98)(H,99,100)/b11-8-,12-9-,19-16-,20-17-,21-18-,28-25-,29-26-,34-32-,35-33-,39-38-,48-46-,55-53-,56-27-. The van der Waals surface area contributed by atoms with Gasteiger partial charge in [0.25, 0.3) is 0 Å². The molecule has 0 fully saturated rings. The van der Waals surface area contributed by atoms with Crippen molar-refractivity contribution in [3.63, 3.8) is 0 Å². The molecular weight excluding hydrogens is 1410 g/mol. The van der Waals surface area contributed by atoms with Gasteiger partial charge in [0.2, 0.25) is 0 Å². The van der Waals surface area contributed by atoms with Gasteiger partial charge in [-0.15, -0.1) is 0 Å². The molecule has 624 valence electrons. The van der Waals surface area contributed by atoms with Crippen LogP contribution in [0.2, 0.25) is 0 Å². The van der Waals surface area contributed by atoms with Gasteiger partial charge in [-0.05, 0) is 148 Å². The number of phosphoric acid groups is 2. The number of hydrogen-bond donors (Lipinski definition) is 4. The second-order valence-corrected chi connectivity index (χ2v) is 31.1. The third-order valence-electron chi connectivity index (χ3n) is 17.7. The molecule has 18 heteroatoms. The number of allylic oxidation sites excluding steroid dienone is 26. The van der Waals surface area contributed by atoms with Gasteiger partial charge >= 0.3 is 33.6 Å². The van der Waals surface area contributed by atoms with Crippen LogP contribution in [0.25, 0.3) is 0 Å². The second kappa shape index (κ2) is 82.6. The molecule has 109 heavy (non-hydrogen) atoms. The van der Waals surface area contributed by atoms with Crippen LogP contribution in [-0.4, -0.2) is 95.9 Å². The van der Waals surface area contributed by atoms with Crippen LogP contribution in [-0.2, 0) is 55.8 Å². The van der Waals surface area contributed by atoms with Gasteiger partial charge in [0.1, 0.15) is 25.4 Å². The molecule has 0 bridgehead atoms. The molecule has 0 aromatic carbocycles. The van der Waals surface area contributed by atoms with E-state index in [9.17, 15) is 43.5 Å². The smallest absolute Gasteiger partial charge is 0.463 e. The summed E-state index contributed by atoms with van der Waals surface area (Å²) in [7, 11) is -9.81. The quantitative estimate of drug-likeness (QED) is 0.0146. The predicted octanol–water partition coefficient (Wildman–Crippen LogP) is 25.8. The van der Waals surface area contributed by atoms with Crippen LogP contribution >= 0.6 is 15.6 Å². The highest BCUT2D eigenvalue weighted by molar-refractivity contribution is 7.47. The van der Waals surface area contributed by atoms with Crippen molar-refractivity contribution >= 4 is 33.6 Å². The van der Waals surface area contributed by atoms with Gasteiger partial charge < -0.3 is 34.2 Å². The van der Waals surface area contributed by atoms with Crippen molar-refractivity contribution in [3.05, 3.63) is 158 Å². The van der Waals surface area contributed by atoms with Crippen LogP contribution in [0.3, 0.4) is 0 Å². The van der Waals surface area contributed by atoms with E-state index < -0.39 is 91.5 Å². The maximum atomic E-state index is 13.0.